The maximum absolute atomic E-state index is 11.2. The van der Waals surface area contributed by atoms with Crippen LogP contribution in [0.15, 0.2) is 31.0 Å². The number of rotatable bonds is 4. The van der Waals surface area contributed by atoms with Crippen LogP contribution in [0.3, 0.4) is 0 Å². The van der Waals surface area contributed by atoms with E-state index in [4.69, 9.17) is 0 Å². The lowest BCUT2D eigenvalue weighted by atomic mass is 10.4. The van der Waals surface area contributed by atoms with Crippen molar-refractivity contribution in [3.63, 3.8) is 0 Å². The molecule has 12 heavy (non-hydrogen) atoms. The Kier molecular flexibility index (Phi) is 3.14. The Labute approximate surface area is 71.5 Å². The molecule has 2 N–H and O–H groups in total. The van der Waals surface area contributed by atoms with Gasteiger partial charge in [-0.25, -0.2) is 0 Å². The van der Waals surface area contributed by atoms with E-state index in [9.17, 15) is 4.79 Å². The van der Waals surface area contributed by atoms with Gasteiger partial charge in [0.1, 0.15) is 5.69 Å². The molecule has 1 aromatic heterocycles. The van der Waals surface area contributed by atoms with Crippen LogP contribution in [-0.2, 0) is 0 Å². The number of hydrogen-bond acceptors (Lipinski definition) is 1. The molecule has 0 radical (unpaired) electrons. The quantitative estimate of drug-likeness (QED) is 0.511. The standard InChI is InChI=1S/C9H12N2O/c1-2-3-6-11-9(12)8-5-4-7-10-8/h2,4-5,7,10H,1,3,6H2,(H,11,12). The molecule has 1 aromatic rings. The lowest BCUT2D eigenvalue weighted by Crippen LogP contribution is -2.24. The van der Waals surface area contributed by atoms with E-state index in [1.807, 2.05) is 0 Å². The van der Waals surface area contributed by atoms with Gasteiger partial charge in [0.05, 0.1) is 0 Å². The molecule has 0 fully saturated rings. The van der Waals surface area contributed by atoms with Crippen molar-refractivity contribution in [1.29, 1.82) is 0 Å². The van der Waals surface area contributed by atoms with Crippen molar-refractivity contribution < 1.29 is 4.79 Å². The zero-order valence-corrected chi connectivity index (χ0v) is 6.84. The molecule has 0 aromatic carbocycles. The normalized spacial score (nSPS) is 9.33. The van der Waals surface area contributed by atoms with Gasteiger partial charge in [0.2, 0.25) is 0 Å². The zero-order valence-electron chi connectivity index (χ0n) is 6.84. The van der Waals surface area contributed by atoms with Gasteiger partial charge in [0, 0.05) is 12.7 Å². The summed E-state index contributed by atoms with van der Waals surface area (Å²) in [6, 6.07) is 3.53. The first kappa shape index (κ1) is 8.59. The summed E-state index contributed by atoms with van der Waals surface area (Å²) in [6.07, 6.45) is 4.30. The molecule has 0 aliphatic rings. The number of carbonyl (C=O) groups excluding carboxylic acids is 1. The van der Waals surface area contributed by atoms with E-state index in [1.165, 1.54) is 0 Å². The van der Waals surface area contributed by atoms with Crippen LogP contribution < -0.4 is 5.32 Å². The molecule has 0 unspecified atom stereocenters. The highest BCUT2D eigenvalue weighted by Gasteiger charge is 2.02. The number of nitrogens with one attached hydrogen (secondary N) is 2. The fraction of sp³-hybridized carbons (Fsp3) is 0.222. The molecule has 0 aliphatic carbocycles. The SMILES string of the molecule is C=CCCNC(=O)c1ccc[nH]1. The van der Waals surface area contributed by atoms with Gasteiger partial charge in [-0.15, -0.1) is 6.58 Å². The van der Waals surface area contributed by atoms with Crippen LogP contribution in [-0.4, -0.2) is 17.4 Å². The second-order valence-corrected chi connectivity index (χ2v) is 2.42. The van der Waals surface area contributed by atoms with Crippen molar-refractivity contribution in [3.05, 3.63) is 36.7 Å². The van der Waals surface area contributed by atoms with E-state index in [0.29, 0.717) is 12.2 Å². The maximum Gasteiger partial charge on any atom is 0.267 e. The first-order valence-corrected chi connectivity index (χ1v) is 3.87. The Bertz CT molecular complexity index is 252. The third-order valence-corrected chi connectivity index (χ3v) is 1.48. The molecule has 3 nitrogen and oxygen atoms in total. The minimum atomic E-state index is -0.0677. The zero-order chi connectivity index (χ0) is 8.81. The Balaban J connectivity index is 2.34. The van der Waals surface area contributed by atoms with Crippen LogP contribution in [0.25, 0.3) is 0 Å². The number of aromatic nitrogens is 1. The molecule has 1 rings (SSSR count). The highest BCUT2D eigenvalue weighted by Crippen LogP contribution is 1.93. The summed E-state index contributed by atoms with van der Waals surface area (Å²) in [7, 11) is 0. The van der Waals surface area contributed by atoms with Gasteiger partial charge < -0.3 is 10.3 Å². The van der Waals surface area contributed by atoms with Crippen molar-refractivity contribution in [3.8, 4) is 0 Å². The maximum atomic E-state index is 11.2. The molecule has 0 atom stereocenters. The first-order chi connectivity index (χ1) is 5.84. The van der Waals surface area contributed by atoms with Crippen molar-refractivity contribution in [2.75, 3.05) is 6.54 Å². The largest absolute Gasteiger partial charge is 0.357 e. The van der Waals surface area contributed by atoms with Crippen molar-refractivity contribution in [2.45, 2.75) is 6.42 Å². The number of H-pyrrole nitrogens is 1. The summed E-state index contributed by atoms with van der Waals surface area (Å²) >= 11 is 0. The van der Waals surface area contributed by atoms with Crippen molar-refractivity contribution in [1.82, 2.24) is 10.3 Å². The Morgan fingerprint density at radius 2 is 2.58 bits per heavy atom. The summed E-state index contributed by atoms with van der Waals surface area (Å²) in [5, 5.41) is 2.74. The smallest absolute Gasteiger partial charge is 0.267 e. The molecule has 0 aliphatic heterocycles. The highest BCUT2D eigenvalue weighted by molar-refractivity contribution is 5.92. The number of amides is 1. The summed E-state index contributed by atoms with van der Waals surface area (Å²) < 4.78 is 0. The lowest BCUT2D eigenvalue weighted by Gasteiger charge is -1.99. The third-order valence-electron chi connectivity index (χ3n) is 1.48. The van der Waals surface area contributed by atoms with Crippen molar-refractivity contribution in [2.24, 2.45) is 0 Å². The molecular formula is C9H12N2O. The molecule has 0 saturated heterocycles. The highest BCUT2D eigenvalue weighted by atomic mass is 16.1. The average Bonchev–Trinajstić information content (AvgIpc) is 2.56. The molecule has 0 saturated carbocycles. The first-order valence-electron chi connectivity index (χ1n) is 3.87. The van der Waals surface area contributed by atoms with Crippen LogP contribution in [0.2, 0.25) is 0 Å². The third kappa shape index (κ3) is 2.27. The van der Waals surface area contributed by atoms with Gasteiger partial charge in [0.25, 0.3) is 5.91 Å². The van der Waals surface area contributed by atoms with E-state index in [0.717, 1.165) is 6.42 Å². The van der Waals surface area contributed by atoms with E-state index in [-0.39, 0.29) is 5.91 Å². The Morgan fingerprint density at radius 3 is 3.17 bits per heavy atom. The van der Waals surface area contributed by atoms with Crippen LogP contribution in [0, 0.1) is 0 Å². The summed E-state index contributed by atoms with van der Waals surface area (Å²) in [4.78, 5) is 14.0. The van der Waals surface area contributed by atoms with Crippen molar-refractivity contribution >= 4 is 5.91 Å². The summed E-state index contributed by atoms with van der Waals surface area (Å²) in [5.74, 6) is -0.0677. The fourth-order valence-corrected chi connectivity index (χ4v) is 0.855. The molecule has 64 valence electrons. The van der Waals surface area contributed by atoms with Crippen LogP contribution >= 0.6 is 0 Å². The molecular weight excluding hydrogens is 152 g/mol. The topological polar surface area (TPSA) is 44.9 Å². The van der Waals surface area contributed by atoms with E-state index in [1.54, 1.807) is 24.4 Å². The summed E-state index contributed by atoms with van der Waals surface area (Å²) in [6.45, 7) is 4.20. The molecule has 1 amide bonds. The van der Waals surface area contributed by atoms with Gasteiger partial charge in [-0.1, -0.05) is 6.08 Å². The van der Waals surface area contributed by atoms with Crippen LogP contribution in [0.1, 0.15) is 16.9 Å². The molecule has 1 heterocycles. The minimum absolute atomic E-state index is 0.0677. The van der Waals surface area contributed by atoms with E-state index >= 15 is 0 Å². The Hall–Kier alpha value is -1.51. The van der Waals surface area contributed by atoms with Gasteiger partial charge in [0.15, 0.2) is 0 Å². The van der Waals surface area contributed by atoms with E-state index < -0.39 is 0 Å². The molecule has 3 heteroatoms. The number of hydrogen-bond donors (Lipinski definition) is 2. The van der Waals surface area contributed by atoms with Gasteiger partial charge in [-0.05, 0) is 18.6 Å². The van der Waals surface area contributed by atoms with Crippen LogP contribution in [0.5, 0.6) is 0 Å². The molecule has 0 bridgehead atoms. The predicted molar refractivity (Wildman–Crippen MR) is 47.9 cm³/mol. The minimum Gasteiger partial charge on any atom is -0.357 e. The number of carbonyl (C=O) groups is 1. The van der Waals surface area contributed by atoms with Gasteiger partial charge in [-0.3, -0.25) is 4.79 Å². The van der Waals surface area contributed by atoms with E-state index in [2.05, 4.69) is 16.9 Å². The monoisotopic (exact) mass is 164 g/mol. The lowest BCUT2D eigenvalue weighted by molar-refractivity contribution is 0.0950. The fourth-order valence-electron chi connectivity index (χ4n) is 0.855. The average molecular weight is 164 g/mol. The molecule has 0 spiro atoms. The summed E-state index contributed by atoms with van der Waals surface area (Å²) in [5.41, 5.74) is 0.596. The van der Waals surface area contributed by atoms with Gasteiger partial charge in [-0.2, -0.15) is 0 Å². The Morgan fingerprint density at radius 1 is 1.75 bits per heavy atom. The second-order valence-electron chi connectivity index (χ2n) is 2.42. The second kappa shape index (κ2) is 4.38. The number of aromatic amines is 1. The van der Waals surface area contributed by atoms with Crippen LogP contribution in [0.4, 0.5) is 0 Å². The van der Waals surface area contributed by atoms with Gasteiger partial charge >= 0.3 is 0 Å². The predicted octanol–water partition coefficient (Wildman–Crippen LogP) is 1.32.